The van der Waals surface area contributed by atoms with E-state index in [0.29, 0.717) is 27.6 Å². The Kier molecular flexibility index (Phi) is 5.62. The molecule has 18 heavy (non-hydrogen) atoms. The molecule has 0 saturated heterocycles. The van der Waals surface area contributed by atoms with Crippen molar-refractivity contribution in [3.05, 3.63) is 52.0 Å². The predicted octanol–water partition coefficient (Wildman–Crippen LogP) is 3.73. The molecule has 0 saturated carbocycles. The Hall–Kier alpha value is -1.07. The number of hydrogen-bond acceptors (Lipinski definition) is 2. The summed E-state index contributed by atoms with van der Waals surface area (Å²) in [7, 11) is 0. The molecule has 0 bridgehead atoms. The van der Waals surface area contributed by atoms with E-state index in [1.807, 2.05) is 0 Å². The number of carbonyl (C=O) groups excluding carboxylic acids is 1. The topological polar surface area (TPSA) is 40.5 Å². The molecule has 0 radical (unpaired) electrons. The van der Waals surface area contributed by atoms with Gasteiger partial charge in [-0.25, -0.2) is 0 Å². The Bertz CT molecular complexity index is 453. The molecular weight excluding hydrogens is 362 g/mol. The Morgan fingerprint density at radius 3 is 2.06 bits per heavy atom. The number of carbonyl (C=O) groups is 1. The second kappa shape index (κ2) is 6.75. The van der Waals surface area contributed by atoms with Crippen molar-refractivity contribution in [3.63, 3.8) is 0 Å². The highest BCUT2D eigenvalue weighted by Gasteiger charge is 2.16. The molecule has 1 aromatic carbocycles. The van der Waals surface area contributed by atoms with Gasteiger partial charge in [0.15, 0.2) is 0 Å². The lowest BCUT2D eigenvalue weighted by Gasteiger charge is -2.19. The molecule has 96 valence electrons. The minimum atomic E-state index is -0.142. The molecule has 0 aliphatic rings. The van der Waals surface area contributed by atoms with Crippen molar-refractivity contribution in [2.45, 2.75) is 0 Å². The highest BCUT2D eigenvalue weighted by atomic mass is 79.9. The lowest BCUT2D eigenvalue weighted by Crippen LogP contribution is -2.31. The van der Waals surface area contributed by atoms with Crippen LogP contribution in [0.25, 0.3) is 0 Å². The van der Waals surface area contributed by atoms with Gasteiger partial charge in [0.25, 0.3) is 5.91 Å². The van der Waals surface area contributed by atoms with Gasteiger partial charge in [0.05, 0.1) is 8.95 Å². The SMILES string of the molecule is C=CCN(CC=C)C(=O)c1cc(Br)c(O)c(Br)c1. The molecule has 0 atom stereocenters. The molecule has 1 aromatic rings. The monoisotopic (exact) mass is 373 g/mol. The number of phenolic OH excluding ortho intramolecular Hbond substituents is 1. The zero-order chi connectivity index (χ0) is 13.7. The van der Waals surface area contributed by atoms with Crippen molar-refractivity contribution in [2.24, 2.45) is 0 Å². The number of hydrogen-bond donors (Lipinski definition) is 1. The van der Waals surface area contributed by atoms with Crippen LogP contribution < -0.4 is 0 Å². The molecule has 1 N–H and O–H groups in total. The fourth-order valence-electron chi connectivity index (χ4n) is 1.42. The second-order valence-corrected chi connectivity index (χ2v) is 5.28. The summed E-state index contributed by atoms with van der Waals surface area (Å²) < 4.78 is 0.940. The summed E-state index contributed by atoms with van der Waals surface area (Å²) >= 11 is 6.40. The van der Waals surface area contributed by atoms with Crippen LogP contribution in [0, 0.1) is 0 Å². The number of rotatable bonds is 5. The number of phenols is 1. The van der Waals surface area contributed by atoms with E-state index >= 15 is 0 Å². The Morgan fingerprint density at radius 1 is 1.22 bits per heavy atom. The number of halogens is 2. The van der Waals surface area contributed by atoms with Gasteiger partial charge in [0, 0.05) is 18.7 Å². The van der Waals surface area contributed by atoms with Crippen LogP contribution in [0.15, 0.2) is 46.4 Å². The molecule has 0 unspecified atom stereocenters. The van der Waals surface area contributed by atoms with Crippen molar-refractivity contribution in [1.29, 1.82) is 0 Å². The first-order valence-electron chi connectivity index (χ1n) is 5.20. The molecule has 0 aliphatic heterocycles. The molecule has 1 rings (SSSR count). The molecule has 1 amide bonds. The van der Waals surface area contributed by atoms with E-state index in [1.54, 1.807) is 29.2 Å². The van der Waals surface area contributed by atoms with Gasteiger partial charge in [-0.15, -0.1) is 13.2 Å². The van der Waals surface area contributed by atoms with Gasteiger partial charge in [-0.3, -0.25) is 4.79 Å². The fourth-order valence-corrected chi connectivity index (χ4v) is 2.61. The van der Waals surface area contributed by atoms with Crippen LogP contribution in [0.4, 0.5) is 0 Å². The van der Waals surface area contributed by atoms with Crippen molar-refractivity contribution >= 4 is 37.8 Å². The predicted molar refractivity (Wildman–Crippen MR) is 79.8 cm³/mol. The maximum Gasteiger partial charge on any atom is 0.254 e. The Morgan fingerprint density at radius 2 is 1.67 bits per heavy atom. The third-order valence-corrected chi connectivity index (χ3v) is 3.46. The molecule has 0 fully saturated rings. The van der Waals surface area contributed by atoms with Crippen LogP contribution in [-0.2, 0) is 0 Å². The summed E-state index contributed by atoms with van der Waals surface area (Å²) in [4.78, 5) is 13.8. The van der Waals surface area contributed by atoms with Gasteiger partial charge in [0.2, 0.25) is 0 Å². The first-order chi connectivity index (χ1) is 8.51. The third-order valence-electron chi connectivity index (χ3n) is 2.25. The average molecular weight is 375 g/mol. The van der Waals surface area contributed by atoms with Crippen LogP contribution in [0.3, 0.4) is 0 Å². The Balaban J connectivity index is 3.08. The second-order valence-electron chi connectivity index (χ2n) is 3.58. The molecule has 5 heteroatoms. The van der Waals surface area contributed by atoms with Gasteiger partial charge < -0.3 is 10.0 Å². The number of nitrogens with zero attached hydrogens (tertiary/aromatic N) is 1. The minimum absolute atomic E-state index is 0.0746. The van der Waals surface area contributed by atoms with Crippen LogP contribution >= 0.6 is 31.9 Å². The van der Waals surface area contributed by atoms with Crippen LogP contribution in [-0.4, -0.2) is 29.0 Å². The summed E-state index contributed by atoms with van der Waals surface area (Å²) in [5, 5.41) is 9.61. The van der Waals surface area contributed by atoms with Gasteiger partial charge in [-0.1, -0.05) is 12.2 Å². The highest BCUT2D eigenvalue weighted by Crippen LogP contribution is 2.33. The zero-order valence-corrected chi connectivity index (χ0v) is 12.9. The maximum atomic E-state index is 12.2. The summed E-state index contributed by atoms with van der Waals surface area (Å²) in [6.07, 6.45) is 3.32. The molecule has 0 aliphatic carbocycles. The van der Waals surface area contributed by atoms with Crippen molar-refractivity contribution in [2.75, 3.05) is 13.1 Å². The van der Waals surface area contributed by atoms with Gasteiger partial charge in [0.1, 0.15) is 5.75 Å². The number of amides is 1. The molecule has 0 spiro atoms. The highest BCUT2D eigenvalue weighted by molar-refractivity contribution is 9.11. The maximum absolute atomic E-state index is 12.2. The van der Waals surface area contributed by atoms with Crippen LogP contribution in [0.2, 0.25) is 0 Å². The summed E-state index contributed by atoms with van der Waals surface area (Å²) in [5.74, 6) is -0.0678. The van der Waals surface area contributed by atoms with Crippen molar-refractivity contribution < 1.29 is 9.90 Å². The molecule has 0 aromatic heterocycles. The fraction of sp³-hybridized carbons (Fsp3) is 0.154. The lowest BCUT2D eigenvalue weighted by atomic mass is 10.2. The van der Waals surface area contributed by atoms with Crippen LogP contribution in [0.1, 0.15) is 10.4 Å². The first-order valence-corrected chi connectivity index (χ1v) is 6.79. The lowest BCUT2D eigenvalue weighted by molar-refractivity contribution is 0.0790. The summed E-state index contributed by atoms with van der Waals surface area (Å²) in [6, 6.07) is 3.17. The number of aromatic hydroxyl groups is 1. The van der Waals surface area contributed by atoms with E-state index in [4.69, 9.17) is 0 Å². The van der Waals surface area contributed by atoms with Crippen molar-refractivity contribution in [3.8, 4) is 5.75 Å². The van der Waals surface area contributed by atoms with E-state index in [0.717, 1.165) is 0 Å². The minimum Gasteiger partial charge on any atom is -0.506 e. The van der Waals surface area contributed by atoms with E-state index in [9.17, 15) is 9.90 Å². The van der Waals surface area contributed by atoms with E-state index in [1.165, 1.54) is 0 Å². The van der Waals surface area contributed by atoms with E-state index in [2.05, 4.69) is 45.0 Å². The summed E-state index contributed by atoms with van der Waals surface area (Å²) in [6.45, 7) is 8.13. The summed E-state index contributed by atoms with van der Waals surface area (Å²) in [5.41, 5.74) is 0.482. The van der Waals surface area contributed by atoms with Crippen molar-refractivity contribution in [1.82, 2.24) is 4.90 Å². The average Bonchev–Trinajstić information content (AvgIpc) is 2.34. The number of benzene rings is 1. The first kappa shape index (κ1) is 15.0. The van der Waals surface area contributed by atoms with Gasteiger partial charge in [-0.2, -0.15) is 0 Å². The smallest absolute Gasteiger partial charge is 0.254 e. The molecule has 3 nitrogen and oxygen atoms in total. The van der Waals surface area contributed by atoms with Crippen LogP contribution in [0.5, 0.6) is 5.75 Å². The van der Waals surface area contributed by atoms with Gasteiger partial charge in [-0.05, 0) is 44.0 Å². The quantitative estimate of drug-likeness (QED) is 0.797. The third kappa shape index (κ3) is 3.46. The molecule has 0 heterocycles. The van der Waals surface area contributed by atoms with E-state index < -0.39 is 0 Å². The standard InChI is InChI=1S/C13H13Br2NO2/c1-3-5-16(6-4-2)13(18)9-7-10(14)12(17)11(15)8-9/h3-4,7-8,17H,1-2,5-6H2. The zero-order valence-electron chi connectivity index (χ0n) is 9.70. The van der Waals surface area contributed by atoms with E-state index in [-0.39, 0.29) is 11.7 Å². The Labute approximate surface area is 123 Å². The molecular formula is C13H13Br2NO2. The van der Waals surface area contributed by atoms with Gasteiger partial charge >= 0.3 is 0 Å². The largest absolute Gasteiger partial charge is 0.506 e. The normalized spacial score (nSPS) is 9.89.